The van der Waals surface area contributed by atoms with Crippen LogP contribution < -0.4 is 81.9 Å². The molecule has 7 rings (SSSR count). The fourth-order valence-corrected chi connectivity index (χ4v) is 6.27. The number of hydrogen-bond donors (Lipinski definition) is 0. The second-order valence-corrected chi connectivity index (χ2v) is 12.1. The van der Waals surface area contributed by atoms with Crippen molar-refractivity contribution in [1.82, 2.24) is 15.0 Å². The van der Waals surface area contributed by atoms with Crippen molar-refractivity contribution in [2.24, 2.45) is 0 Å². The van der Waals surface area contributed by atoms with Crippen LogP contribution in [-0.4, -0.2) is 133 Å². The van der Waals surface area contributed by atoms with Crippen molar-refractivity contribution in [3.8, 4) is 45.3 Å². The molecular formula is C33H6B15N3O. The fourth-order valence-electron chi connectivity index (χ4n) is 6.27. The molecule has 0 saturated heterocycles. The summed E-state index contributed by atoms with van der Waals surface area (Å²) in [5, 5.41) is 1.21. The molecule has 204 valence electrons. The Kier molecular flexibility index (Phi) is 9.12. The van der Waals surface area contributed by atoms with Crippen molar-refractivity contribution in [3.05, 3.63) is 36.4 Å². The molecule has 0 unspecified atom stereocenters. The third kappa shape index (κ3) is 5.31. The number of furan rings is 1. The summed E-state index contributed by atoms with van der Waals surface area (Å²) in [6.07, 6.45) is 0. The predicted octanol–water partition coefficient (Wildman–Crippen LogP) is -9.65. The van der Waals surface area contributed by atoms with Crippen LogP contribution in [0.3, 0.4) is 0 Å². The van der Waals surface area contributed by atoms with Gasteiger partial charge in [-0.15, -0.1) is 49.2 Å². The lowest BCUT2D eigenvalue weighted by Gasteiger charge is -2.22. The van der Waals surface area contributed by atoms with Gasteiger partial charge in [0.25, 0.3) is 0 Å². The van der Waals surface area contributed by atoms with Crippen molar-refractivity contribution in [1.29, 1.82) is 0 Å². The van der Waals surface area contributed by atoms with E-state index in [1.54, 1.807) is 30.3 Å². The Balaban J connectivity index is 1.59. The number of fused-ring (bicyclic) bond motifs is 3. The zero-order chi connectivity index (χ0) is 37.7. The minimum Gasteiger partial charge on any atom is -0.455 e. The highest BCUT2D eigenvalue weighted by molar-refractivity contribution is 6.71. The molecule has 52 heavy (non-hydrogen) atoms. The van der Waals surface area contributed by atoms with Gasteiger partial charge in [-0.05, 0) is 11.6 Å². The van der Waals surface area contributed by atoms with Gasteiger partial charge in [-0.3, -0.25) is 0 Å². The van der Waals surface area contributed by atoms with E-state index in [1.807, 2.05) is 6.07 Å². The lowest BCUT2D eigenvalue weighted by Crippen LogP contribution is -2.55. The molecule has 0 aliphatic rings. The molecule has 0 saturated carbocycles. The molecule has 7 aromatic rings. The van der Waals surface area contributed by atoms with Gasteiger partial charge < -0.3 is 4.42 Å². The highest BCUT2D eigenvalue weighted by atomic mass is 16.3. The van der Waals surface area contributed by atoms with Crippen LogP contribution in [0.15, 0.2) is 40.8 Å². The molecule has 0 bridgehead atoms. The molecule has 0 amide bonds. The number of nitrogens with zero attached hydrogens (tertiary/aromatic N) is 3. The monoisotopic (exact) mass is 625 g/mol. The van der Waals surface area contributed by atoms with Gasteiger partial charge >= 0.3 is 0 Å². The molecule has 0 N–H and O–H groups in total. The Morgan fingerprint density at radius 2 is 0.692 bits per heavy atom. The number of hydrogen-bond acceptors (Lipinski definition) is 4. The molecule has 0 atom stereocenters. The van der Waals surface area contributed by atoms with Crippen LogP contribution in [0.5, 0.6) is 0 Å². The lowest BCUT2D eigenvalue weighted by molar-refractivity contribution is 0.670. The number of para-hydroxylation sites is 1. The molecule has 0 aliphatic carbocycles. The third-order valence-corrected chi connectivity index (χ3v) is 9.21. The average molecular weight is 623 g/mol. The first-order valence-corrected chi connectivity index (χ1v) is 15.3. The standard InChI is InChI=1S/C33H6B15N3O/c34-15-12(16(35)22(41)27(46)21(15)40)8-4-1-3-7-11-9(5-2-6-10(11)52-30(7)8)31-49-32(13-17(36)23(42)28(47)24(43)18(13)37)51-33(50-31)14-19(38)25(44)29(48)26(45)20(14)39/h1-6H. The Bertz CT molecular complexity index is 2540. The van der Waals surface area contributed by atoms with Gasteiger partial charge in [-0.1, -0.05) is 63.1 Å². The normalized spacial score (nSPS) is 11.5. The molecule has 5 aromatic carbocycles. The summed E-state index contributed by atoms with van der Waals surface area (Å²) >= 11 is 0. The van der Waals surface area contributed by atoms with Gasteiger partial charge in [0.2, 0.25) is 0 Å². The summed E-state index contributed by atoms with van der Waals surface area (Å²) < 4.78 is 6.45. The Hall–Kier alpha value is -4.12. The van der Waals surface area contributed by atoms with E-state index in [0.29, 0.717) is 38.6 Å². The van der Waals surface area contributed by atoms with E-state index >= 15 is 0 Å². The van der Waals surface area contributed by atoms with Crippen LogP contribution in [0, 0.1) is 0 Å². The Morgan fingerprint density at radius 3 is 1.13 bits per heavy atom. The highest BCUT2D eigenvalue weighted by Gasteiger charge is 2.24. The number of aromatic nitrogens is 3. The van der Waals surface area contributed by atoms with Gasteiger partial charge in [0, 0.05) is 33.0 Å². The summed E-state index contributed by atoms with van der Waals surface area (Å²) in [5.74, 6) is -0.0145. The van der Waals surface area contributed by atoms with E-state index in [2.05, 4.69) is 4.98 Å². The Morgan fingerprint density at radius 1 is 0.346 bits per heavy atom. The molecule has 19 heteroatoms. The molecule has 2 aromatic heterocycles. The molecule has 4 nitrogen and oxygen atoms in total. The van der Waals surface area contributed by atoms with E-state index in [0.717, 1.165) is 0 Å². The van der Waals surface area contributed by atoms with E-state index in [4.69, 9.17) is 132 Å². The summed E-state index contributed by atoms with van der Waals surface area (Å²) in [7, 11) is 94.3. The summed E-state index contributed by atoms with van der Waals surface area (Å²) in [4.78, 5) is 14.3. The van der Waals surface area contributed by atoms with Crippen LogP contribution in [0.1, 0.15) is 0 Å². The minimum atomic E-state index is -0.0555. The predicted molar refractivity (Wildman–Crippen MR) is 230 cm³/mol. The second-order valence-electron chi connectivity index (χ2n) is 12.1. The zero-order valence-electron chi connectivity index (χ0n) is 27.4. The average Bonchev–Trinajstić information content (AvgIpc) is 3.53. The highest BCUT2D eigenvalue weighted by Crippen LogP contribution is 2.39. The first kappa shape index (κ1) is 36.3. The van der Waals surface area contributed by atoms with E-state index < -0.39 is 0 Å². The van der Waals surface area contributed by atoms with Crippen LogP contribution in [0.2, 0.25) is 0 Å². The second kappa shape index (κ2) is 13.1. The molecule has 2 heterocycles. The van der Waals surface area contributed by atoms with Gasteiger partial charge in [0.05, 0.1) is 0 Å². The van der Waals surface area contributed by atoms with Crippen molar-refractivity contribution >= 4 is 222 Å². The molecular weight excluding hydrogens is 617 g/mol. The van der Waals surface area contributed by atoms with E-state index in [1.165, 1.54) is 0 Å². The van der Waals surface area contributed by atoms with E-state index in [-0.39, 0.29) is 111 Å². The molecule has 0 aliphatic heterocycles. The quantitative estimate of drug-likeness (QED) is 0.183. The van der Waals surface area contributed by atoms with Crippen LogP contribution in [0.4, 0.5) is 0 Å². The van der Waals surface area contributed by atoms with Gasteiger partial charge in [-0.2, -0.15) is 0 Å². The Labute approximate surface area is 321 Å². The topological polar surface area (TPSA) is 51.8 Å². The largest absolute Gasteiger partial charge is 0.455 e. The molecule has 0 fully saturated rings. The van der Waals surface area contributed by atoms with Gasteiger partial charge in [0.15, 0.2) is 17.5 Å². The third-order valence-electron chi connectivity index (χ3n) is 9.21. The molecule has 0 spiro atoms. The van der Waals surface area contributed by atoms with Crippen molar-refractivity contribution < 1.29 is 4.42 Å². The fraction of sp³-hybridized carbons (Fsp3) is 0. The summed E-state index contributed by atoms with van der Waals surface area (Å²) in [6.45, 7) is 0. The minimum absolute atomic E-state index is 0.00264. The summed E-state index contributed by atoms with van der Waals surface area (Å²) in [6, 6.07) is 10.7. The zero-order valence-corrected chi connectivity index (χ0v) is 27.4. The maximum Gasteiger partial charge on any atom is 0.164 e. The van der Waals surface area contributed by atoms with Gasteiger partial charge in [0.1, 0.15) is 129 Å². The summed E-state index contributed by atoms with van der Waals surface area (Å²) in [5.41, 5.74) is 2.65. The van der Waals surface area contributed by atoms with Crippen LogP contribution >= 0.6 is 0 Å². The van der Waals surface area contributed by atoms with Crippen molar-refractivity contribution in [2.45, 2.75) is 0 Å². The molecule has 30 radical (unpaired) electrons. The van der Waals surface area contributed by atoms with Crippen molar-refractivity contribution in [2.75, 3.05) is 0 Å². The van der Waals surface area contributed by atoms with Gasteiger partial charge in [-0.25, -0.2) is 15.0 Å². The smallest absolute Gasteiger partial charge is 0.164 e. The first-order chi connectivity index (χ1) is 24.6. The van der Waals surface area contributed by atoms with Crippen LogP contribution in [0.25, 0.3) is 67.2 Å². The van der Waals surface area contributed by atoms with Crippen LogP contribution in [-0.2, 0) is 0 Å². The lowest BCUT2D eigenvalue weighted by atomic mass is 9.59. The SMILES string of the molecule is [B]c1c([B])c([B])c(-c2nc(-c3c([B])c([B])c([B])c([B])c3[B])nc(-c3cccc4oc5c(-c6c([B])c([B])c([B])c([B])c6[B])cccc5c34)n2)c([B])c1[B]. The number of benzene rings is 5. The van der Waals surface area contributed by atoms with Crippen molar-refractivity contribution in [3.63, 3.8) is 0 Å². The maximum absolute atomic E-state index is 6.46. The van der Waals surface area contributed by atoms with E-state index in [9.17, 15) is 0 Å². The first-order valence-electron chi connectivity index (χ1n) is 15.3. The number of rotatable bonds is 4. The maximum atomic E-state index is 6.46.